The van der Waals surface area contributed by atoms with Gasteiger partial charge in [-0.1, -0.05) is 236 Å². The molecule has 0 unspecified atom stereocenters. The highest BCUT2D eigenvalue weighted by Crippen LogP contribution is 2.59. The standard InChI is InChI=1S/C87H96BN3/c1-52-41-65-68(85(16,17)50-82(65,10)11)47-73(52)91-72-40-29-53(60-26-24-28-64-77(60)61-25-22-23-27-62(61)87(64,20)21)42-70(72)88-71-46-67-69(86(18,19)51-84(67,14)15)48-74(71)90(58-38-39-63-66(43-58)83(12,13)49-81(63,8)9)75-44-59(45-76(91)78(75)88)89(56-34-30-54(31-35-56)79(2,3)4)57-36-32-55(33-37-57)80(5,6)7/h22-48H,49-51H2,1-21H3. The molecule has 4 aliphatic carbocycles. The molecule has 2 heterocycles. The molecule has 0 amide bonds. The van der Waals surface area contributed by atoms with Gasteiger partial charge in [0.15, 0.2) is 0 Å². The average molecular weight is 1190 g/mol. The fourth-order valence-electron chi connectivity index (χ4n) is 19.4. The molecular formula is C87H96BN3. The fraction of sp³-hybridized carbons (Fsp3) is 0.379. The monoisotopic (exact) mass is 1190 g/mol. The molecule has 6 aliphatic rings. The molecule has 0 fully saturated rings. The van der Waals surface area contributed by atoms with E-state index in [4.69, 9.17) is 0 Å². The van der Waals surface area contributed by atoms with Gasteiger partial charge in [-0.15, -0.1) is 0 Å². The van der Waals surface area contributed by atoms with Crippen LogP contribution in [0.3, 0.4) is 0 Å². The molecule has 9 aromatic rings. The lowest BCUT2D eigenvalue weighted by atomic mass is 9.33. The second kappa shape index (κ2) is 19.0. The van der Waals surface area contributed by atoms with Gasteiger partial charge >= 0.3 is 0 Å². The smallest absolute Gasteiger partial charge is 0.252 e. The third-order valence-corrected chi connectivity index (χ3v) is 23.2. The summed E-state index contributed by atoms with van der Waals surface area (Å²) in [7, 11) is 0. The lowest BCUT2D eigenvalue weighted by Gasteiger charge is -2.46. The van der Waals surface area contributed by atoms with E-state index in [2.05, 4.69) is 324 Å². The molecule has 0 radical (unpaired) electrons. The van der Waals surface area contributed by atoms with Crippen molar-refractivity contribution in [1.29, 1.82) is 0 Å². The first-order valence-electron chi connectivity index (χ1n) is 34.2. The van der Waals surface area contributed by atoms with Gasteiger partial charge in [-0.3, -0.25) is 0 Å². The Bertz CT molecular complexity index is 4510. The summed E-state index contributed by atoms with van der Waals surface area (Å²) in [6.45, 7) is 50.8. The third kappa shape index (κ3) is 8.86. The van der Waals surface area contributed by atoms with Gasteiger partial charge in [0.2, 0.25) is 0 Å². The molecule has 9 aromatic carbocycles. The Hall–Kier alpha value is -7.56. The molecule has 0 N–H and O–H groups in total. The lowest BCUT2D eigenvalue weighted by Crippen LogP contribution is -2.61. The van der Waals surface area contributed by atoms with E-state index in [9.17, 15) is 0 Å². The number of hydrogen-bond donors (Lipinski definition) is 0. The minimum Gasteiger partial charge on any atom is -0.311 e. The van der Waals surface area contributed by atoms with Crippen LogP contribution in [0.1, 0.15) is 219 Å². The van der Waals surface area contributed by atoms with Gasteiger partial charge in [-0.05, 0) is 236 Å². The zero-order valence-electron chi connectivity index (χ0n) is 58.6. The van der Waals surface area contributed by atoms with Crippen molar-refractivity contribution in [3.63, 3.8) is 0 Å². The first kappa shape index (κ1) is 59.7. The molecule has 15 rings (SSSR count). The Morgan fingerprint density at radius 1 is 0.363 bits per heavy atom. The summed E-state index contributed by atoms with van der Waals surface area (Å²) in [5, 5.41) is 0. The molecule has 0 spiro atoms. The summed E-state index contributed by atoms with van der Waals surface area (Å²) in [5.74, 6) is 0. The van der Waals surface area contributed by atoms with Crippen LogP contribution in [-0.4, -0.2) is 6.71 Å². The molecule has 462 valence electrons. The van der Waals surface area contributed by atoms with Crippen molar-refractivity contribution in [2.75, 3.05) is 14.7 Å². The maximum absolute atomic E-state index is 2.75. The molecule has 0 saturated heterocycles. The van der Waals surface area contributed by atoms with Gasteiger partial charge in [-0.2, -0.15) is 0 Å². The number of aryl methyl sites for hydroxylation is 1. The summed E-state index contributed by atoms with van der Waals surface area (Å²) in [4.78, 5) is 8.05. The van der Waals surface area contributed by atoms with Crippen molar-refractivity contribution >= 4 is 74.3 Å². The van der Waals surface area contributed by atoms with E-state index >= 15 is 0 Å². The van der Waals surface area contributed by atoms with Crippen LogP contribution in [0.15, 0.2) is 164 Å². The van der Waals surface area contributed by atoms with Crippen LogP contribution in [0.2, 0.25) is 0 Å². The number of fused-ring (bicyclic) bond motifs is 10. The van der Waals surface area contributed by atoms with Crippen molar-refractivity contribution in [3.05, 3.63) is 225 Å². The van der Waals surface area contributed by atoms with Crippen LogP contribution in [0.5, 0.6) is 0 Å². The summed E-state index contributed by atoms with van der Waals surface area (Å²) in [6, 6.07) is 66.3. The molecule has 0 bridgehead atoms. The Labute approximate surface area is 546 Å². The normalized spacial score (nSPS) is 19.0. The van der Waals surface area contributed by atoms with Crippen LogP contribution < -0.4 is 31.1 Å². The summed E-state index contributed by atoms with van der Waals surface area (Å²) in [5.41, 5.74) is 35.6. The maximum Gasteiger partial charge on any atom is 0.252 e. The number of anilines is 9. The maximum atomic E-state index is 2.75. The van der Waals surface area contributed by atoms with E-state index < -0.39 is 0 Å². The van der Waals surface area contributed by atoms with E-state index in [0.29, 0.717) is 0 Å². The van der Waals surface area contributed by atoms with Crippen molar-refractivity contribution in [2.24, 2.45) is 0 Å². The Morgan fingerprint density at radius 2 is 0.835 bits per heavy atom. The van der Waals surface area contributed by atoms with E-state index in [1.54, 1.807) is 0 Å². The highest BCUT2D eigenvalue weighted by molar-refractivity contribution is 7.00. The van der Waals surface area contributed by atoms with Crippen molar-refractivity contribution < 1.29 is 0 Å². The Balaban J connectivity index is 1.10. The third-order valence-electron chi connectivity index (χ3n) is 23.2. The minimum absolute atomic E-state index is 0.00684. The number of nitrogens with zero attached hydrogens (tertiary/aromatic N) is 3. The average Bonchev–Trinajstić information content (AvgIpc) is 1.04. The highest BCUT2D eigenvalue weighted by Gasteiger charge is 2.51. The molecule has 0 aromatic heterocycles. The predicted molar refractivity (Wildman–Crippen MR) is 392 cm³/mol. The highest BCUT2D eigenvalue weighted by atomic mass is 15.2. The van der Waals surface area contributed by atoms with Crippen LogP contribution in [0, 0.1) is 6.92 Å². The lowest BCUT2D eigenvalue weighted by molar-refractivity contribution is 0.402. The van der Waals surface area contributed by atoms with E-state index in [0.717, 1.165) is 36.3 Å². The van der Waals surface area contributed by atoms with Gasteiger partial charge in [0.05, 0.1) is 5.69 Å². The molecular weight excluding hydrogens is 1100 g/mol. The van der Waals surface area contributed by atoms with Crippen LogP contribution in [0.4, 0.5) is 51.2 Å². The van der Waals surface area contributed by atoms with Crippen molar-refractivity contribution in [3.8, 4) is 22.3 Å². The van der Waals surface area contributed by atoms with Crippen LogP contribution in [0.25, 0.3) is 22.3 Å². The predicted octanol–water partition coefficient (Wildman–Crippen LogP) is 22.0. The number of benzene rings is 9. The largest absolute Gasteiger partial charge is 0.311 e. The molecule has 0 saturated carbocycles. The van der Waals surface area contributed by atoms with Crippen LogP contribution in [-0.2, 0) is 48.7 Å². The first-order chi connectivity index (χ1) is 42.5. The van der Waals surface area contributed by atoms with Gasteiger partial charge in [-0.25, -0.2) is 0 Å². The SMILES string of the molecule is Cc1cc2c(cc1N1c3ccc(-c4cccc5c4-c4ccccc4C5(C)C)cc3B3c4cc5c(cc4N(c4ccc6c(c4)C(C)(C)CC6(C)C)c4cc(N(c6ccc(C(C)(C)C)cc6)c6ccc(C(C)(C)C)cc6)cc1c43)C(C)(C)CC5(C)C)C(C)(C)CC2(C)C. The zero-order chi connectivity index (χ0) is 64.6. The molecule has 91 heavy (non-hydrogen) atoms. The van der Waals surface area contributed by atoms with E-state index in [-0.39, 0.29) is 55.4 Å². The first-order valence-corrected chi connectivity index (χ1v) is 34.2. The summed E-state index contributed by atoms with van der Waals surface area (Å²) >= 11 is 0. The molecule has 3 nitrogen and oxygen atoms in total. The molecule has 0 atom stereocenters. The van der Waals surface area contributed by atoms with Crippen molar-refractivity contribution in [1.82, 2.24) is 0 Å². The van der Waals surface area contributed by atoms with Gasteiger partial charge in [0.25, 0.3) is 6.71 Å². The Kier molecular flexibility index (Phi) is 12.5. The summed E-state index contributed by atoms with van der Waals surface area (Å²) in [6.07, 6.45) is 3.29. The zero-order valence-corrected chi connectivity index (χ0v) is 58.6. The van der Waals surface area contributed by atoms with Gasteiger partial charge in [0.1, 0.15) is 0 Å². The second-order valence-electron chi connectivity index (χ2n) is 35.3. The summed E-state index contributed by atoms with van der Waals surface area (Å²) < 4.78 is 0. The van der Waals surface area contributed by atoms with Crippen molar-refractivity contribution in [2.45, 2.75) is 213 Å². The van der Waals surface area contributed by atoms with Gasteiger partial charge in [0, 0.05) is 50.9 Å². The molecule has 4 heteroatoms. The van der Waals surface area contributed by atoms with Crippen LogP contribution >= 0.6 is 0 Å². The molecule has 2 aliphatic heterocycles. The number of rotatable bonds is 6. The second-order valence-corrected chi connectivity index (χ2v) is 35.3. The van der Waals surface area contributed by atoms with E-state index in [1.165, 1.54) is 134 Å². The quantitative estimate of drug-likeness (QED) is 0.154. The van der Waals surface area contributed by atoms with E-state index in [1.807, 2.05) is 0 Å². The number of hydrogen-bond acceptors (Lipinski definition) is 3. The topological polar surface area (TPSA) is 9.72 Å². The Morgan fingerprint density at radius 3 is 1.41 bits per heavy atom. The fourth-order valence-corrected chi connectivity index (χ4v) is 19.4. The van der Waals surface area contributed by atoms with Gasteiger partial charge < -0.3 is 14.7 Å². The minimum atomic E-state index is -0.127.